The Hall–Kier alpha value is -4.09. The Morgan fingerprint density at radius 1 is 0.677 bits per heavy atom. The number of benzene rings is 5. The molecule has 0 radical (unpaired) electrons. The van der Waals surface area contributed by atoms with Crippen LogP contribution in [0, 0.1) is 11.3 Å². The van der Waals surface area contributed by atoms with E-state index in [9.17, 15) is 5.26 Å². The van der Waals surface area contributed by atoms with Crippen molar-refractivity contribution in [1.82, 2.24) is 0 Å². The number of nitrogens with zero attached hydrogens (tertiary/aromatic N) is 1. The van der Waals surface area contributed by atoms with E-state index in [1.54, 1.807) is 0 Å². The second-order valence-electron chi connectivity index (χ2n) is 7.46. The molecule has 148 valence electrons. The highest BCUT2D eigenvalue weighted by molar-refractivity contribution is 6.21. The molecule has 0 bridgehead atoms. The van der Waals surface area contributed by atoms with Crippen LogP contribution in [0.1, 0.15) is 12.5 Å². The van der Waals surface area contributed by atoms with Crippen molar-refractivity contribution in [2.75, 3.05) is 6.61 Å². The molecule has 5 aromatic rings. The van der Waals surface area contributed by atoms with Gasteiger partial charge in [0.15, 0.2) is 0 Å². The van der Waals surface area contributed by atoms with E-state index in [0.29, 0.717) is 12.2 Å². The van der Waals surface area contributed by atoms with Crippen molar-refractivity contribution in [3.8, 4) is 34.1 Å². The first-order valence-corrected chi connectivity index (χ1v) is 10.5. The van der Waals surface area contributed by atoms with Crippen LogP contribution in [0.3, 0.4) is 0 Å². The predicted molar refractivity (Wildman–Crippen MR) is 128 cm³/mol. The van der Waals surface area contributed by atoms with Gasteiger partial charge in [-0.2, -0.15) is 5.26 Å². The van der Waals surface area contributed by atoms with Crippen LogP contribution < -0.4 is 4.74 Å². The van der Waals surface area contributed by atoms with Gasteiger partial charge in [0, 0.05) is 11.1 Å². The van der Waals surface area contributed by atoms with Gasteiger partial charge in [-0.3, -0.25) is 0 Å². The smallest absolute Gasteiger partial charge is 0.127 e. The summed E-state index contributed by atoms with van der Waals surface area (Å²) in [4.78, 5) is 0. The fourth-order valence-electron chi connectivity index (χ4n) is 4.43. The molecule has 0 aliphatic carbocycles. The SMILES string of the molecule is CCOc1ccccc1-c1c2ccccc2c(-c2cccc(C#N)c2)c2ccccc12. The quantitative estimate of drug-likeness (QED) is 0.292. The Bertz CT molecular complexity index is 1400. The maximum atomic E-state index is 9.45. The second-order valence-corrected chi connectivity index (χ2v) is 7.46. The molecule has 0 saturated heterocycles. The fourth-order valence-corrected chi connectivity index (χ4v) is 4.43. The minimum atomic E-state index is 0.617. The molecular weight excluding hydrogens is 378 g/mol. The zero-order chi connectivity index (χ0) is 21.2. The molecule has 0 atom stereocenters. The van der Waals surface area contributed by atoms with E-state index < -0.39 is 0 Å². The van der Waals surface area contributed by atoms with Gasteiger partial charge in [0.2, 0.25) is 0 Å². The third-order valence-corrected chi connectivity index (χ3v) is 5.67. The van der Waals surface area contributed by atoms with Crippen LogP contribution in [0.2, 0.25) is 0 Å². The minimum Gasteiger partial charge on any atom is -0.493 e. The Morgan fingerprint density at radius 2 is 1.26 bits per heavy atom. The summed E-state index contributed by atoms with van der Waals surface area (Å²) in [6.45, 7) is 2.63. The third-order valence-electron chi connectivity index (χ3n) is 5.67. The van der Waals surface area contributed by atoms with Crippen molar-refractivity contribution in [2.45, 2.75) is 6.92 Å². The van der Waals surface area contributed by atoms with Gasteiger partial charge in [-0.1, -0.05) is 78.9 Å². The van der Waals surface area contributed by atoms with Gasteiger partial charge in [0.25, 0.3) is 0 Å². The fraction of sp³-hybridized carbons (Fsp3) is 0.0690. The third kappa shape index (κ3) is 3.21. The Morgan fingerprint density at radius 3 is 1.87 bits per heavy atom. The molecular formula is C29H21NO. The van der Waals surface area contributed by atoms with Gasteiger partial charge < -0.3 is 4.74 Å². The van der Waals surface area contributed by atoms with Gasteiger partial charge in [-0.25, -0.2) is 0 Å². The second kappa shape index (κ2) is 7.97. The topological polar surface area (TPSA) is 33.0 Å². The summed E-state index contributed by atoms with van der Waals surface area (Å²) < 4.78 is 6.00. The maximum absolute atomic E-state index is 9.45. The monoisotopic (exact) mass is 399 g/mol. The highest BCUT2D eigenvalue weighted by Crippen LogP contribution is 2.45. The zero-order valence-electron chi connectivity index (χ0n) is 17.3. The molecule has 0 spiro atoms. The van der Waals surface area contributed by atoms with Gasteiger partial charge >= 0.3 is 0 Å². The van der Waals surface area contributed by atoms with Crippen LogP contribution in [0.25, 0.3) is 43.8 Å². The average molecular weight is 399 g/mol. The van der Waals surface area contributed by atoms with Crippen LogP contribution >= 0.6 is 0 Å². The number of hydrogen-bond acceptors (Lipinski definition) is 2. The lowest BCUT2D eigenvalue weighted by atomic mass is 9.85. The van der Waals surface area contributed by atoms with Crippen LogP contribution in [0.15, 0.2) is 97.1 Å². The molecule has 0 N–H and O–H groups in total. The summed E-state index contributed by atoms with van der Waals surface area (Å²) in [7, 11) is 0. The number of fused-ring (bicyclic) bond motifs is 2. The number of nitriles is 1. The zero-order valence-corrected chi connectivity index (χ0v) is 17.3. The molecule has 0 aromatic heterocycles. The summed E-state index contributed by atoms with van der Waals surface area (Å²) in [5, 5.41) is 14.1. The molecule has 0 heterocycles. The maximum Gasteiger partial charge on any atom is 0.127 e. The van der Waals surface area contributed by atoms with Gasteiger partial charge in [-0.05, 0) is 57.8 Å². The molecule has 2 nitrogen and oxygen atoms in total. The van der Waals surface area contributed by atoms with Crippen molar-refractivity contribution in [2.24, 2.45) is 0 Å². The standard InChI is InChI=1S/C29H21NO/c1-2-31-27-17-8-7-16-26(27)29-24-14-5-3-12-22(24)28(23-13-4-6-15-25(23)29)21-11-9-10-20(18-21)19-30/h3-18H,2H2,1H3. The minimum absolute atomic E-state index is 0.617. The summed E-state index contributed by atoms with van der Waals surface area (Å²) >= 11 is 0. The van der Waals surface area contributed by atoms with E-state index in [1.807, 2.05) is 37.3 Å². The average Bonchev–Trinajstić information content (AvgIpc) is 2.83. The highest BCUT2D eigenvalue weighted by Gasteiger charge is 2.18. The first kappa shape index (κ1) is 18.9. The lowest BCUT2D eigenvalue weighted by Gasteiger charge is -2.19. The van der Waals surface area contributed by atoms with Crippen LogP contribution in [-0.2, 0) is 0 Å². The normalized spacial score (nSPS) is 10.8. The summed E-state index contributed by atoms with van der Waals surface area (Å²) in [6.07, 6.45) is 0. The van der Waals surface area contributed by atoms with Crippen molar-refractivity contribution < 1.29 is 4.74 Å². The van der Waals surface area contributed by atoms with Crippen LogP contribution in [0.4, 0.5) is 0 Å². The lowest BCUT2D eigenvalue weighted by Crippen LogP contribution is -1.96. The predicted octanol–water partition coefficient (Wildman–Crippen LogP) is 7.60. The molecule has 5 aromatic carbocycles. The Kier molecular flexibility index (Phi) is 4.86. The van der Waals surface area contributed by atoms with E-state index in [1.165, 1.54) is 16.3 Å². The number of ether oxygens (including phenoxy) is 1. The largest absolute Gasteiger partial charge is 0.493 e. The summed E-state index contributed by atoms with van der Waals surface area (Å²) in [5.41, 5.74) is 5.14. The molecule has 31 heavy (non-hydrogen) atoms. The molecule has 0 fully saturated rings. The number of para-hydroxylation sites is 1. The van der Waals surface area contributed by atoms with E-state index in [0.717, 1.165) is 33.2 Å². The van der Waals surface area contributed by atoms with Crippen molar-refractivity contribution in [3.05, 3.63) is 103 Å². The van der Waals surface area contributed by atoms with Crippen molar-refractivity contribution >= 4 is 21.5 Å². The molecule has 0 saturated carbocycles. The highest BCUT2D eigenvalue weighted by atomic mass is 16.5. The van der Waals surface area contributed by atoms with Crippen LogP contribution in [0.5, 0.6) is 5.75 Å². The number of hydrogen-bond donors (Lipinski definition) is 0. The molecule has 0 unspecified atom stereocenters. The molecule has 0 aliphatic heterocycles. The Labute approximate surface area is 182 Å². The van der Waals surface area contributed by atoms with Gasteiger partial charge in [-0.15, -0.1) is 0 Å². The van der Waals surface area contributed by atoms with Crippen molar-refractivity contribution in [3.63, 3.8) is 0 Å². The lowest BCUT2D eigenvalue weighted by molar-refractivity contribution is 0.341. The van der Waals surface area contributed by atoms with Crippen molar-refractivity contribution in [1.29, 1.82) is 5.26 Å². The Balaban J connectivity index is 1.96. The van der Waals surface area contributed by atoms with Crippen LogP contribution in [-0.4, -0.2) is 6.61 Å². The molecule has 0 aliphatic rings. The van der Waals surface area contributed by atoms with E-state index >= 15 is 0 Å². The molecule has 2 heteroatoms. The number of rotatable bonds is 4. The summed E-state index contributed by atoms with van der Waals surface area (Å²) in [6, 6.07) is 35.4. The first-order valence-electron chi connectivity index (χ1n) is 10.5. The first-order chi connectivity index (χ1) is 15.3. The summed E-state index contributed by atoms with van der Waals surface area (Å²) in [5.74, 6) is 0.888. The molecule has 5 rings (SSSR count). The van der Waals surface area contributed by atoms with Gasteiger partial charge in [0.1, 0.15) is 5.75 Å². The molecule has 0 amide bonds. The van der Waals surface area contributed by atoms with E-state index in [-0.39, 0.29) is 0 Å². The van der Waals surface area contributed by atoms with Gasteiger partial charge in [0.05, 0.1) is 18.2 Å². The van der Waals surface area contributed by atoms with E-state index in [2.05, 4.69) is 72.8 Å². The van der Waals surface area contributed by atoms with E-state index in [4.69, 9.17) is 4.74 Å².